The molecule has 0 saturated carbocycles. The fraction of sp³-hybridized carbons (Fsp3) is 0. The molecule has 0 N–H and O–H groups in total. The third kappa shape index (κ3) is 6.72. The van der Waals surface area contributed by atoms with Crippen LogP contribution < -0.4 is 9.80 Å². The minimum absolute atomic E-state index is 1.06. The smallest absolute Gasteiger partial charge is 0.122 e. The molecular weight excluding hydrogens is 865 g/mol. The molecule has 0 aliphatic rings. The van der Waals surface area contributed by atoms with Gasteiger partial charge in [0.25, 0.3) is 0 Å². The van der Waals surface area contributed by atoms with Gasteiger partial charge in [0, 0.05) is 53.1 Å². The molecule has 68 heavy (non-hydrogen) atoms. The highest BCUT2D eigenvalue weighted by atomic mass is 32.1. The van der Waals surface area contributed by atoms with Crippen LogP contribution in [0.1, 0.15) is 0 Å². The maximum absolute atomic E-state index is 2.46. The summed E-state index contributed by atoms with van der Waals surface area (Å²) in [4.78, 5) is 4.91. The lowest BCUT2D eigenvalue weighted by atomic mass is 10.1. The Bertz CT molecular complexity index is 3670. The summed E-state index contributed by atoms with van der Waals surface area (Å²) in [6.07, 6.45) is 0. The summed E-state index contributed by atoms with van der Waals surface area (Å²) < 4.78 is 7.35. The number of hydrogen-bond donors (Lipinski definition) is 0. The second-order valence-electron chi connectivity index (χ2n) is 17.0. The monoisotopic (exact) mass is 906 g/mol. The largest absolute Gasteiger partial charge is 0.296 e. The van der Waals surface area contributed by atoms with Crippen molar-refractivity contribution in [3.8, 4) is 33.9 Å². The van der Waals surface area contributed by atoms with Gasteiger partial charge in [0.05, 0.1) is 34.1 Å². The molecule has 0 fully saturated rings. The van der Waals surface area contributed by atoms with Crippen molar-refractivity contribution in [2.24, 2.45) is 0 Å². The molecule has 0 bridgehead atoms. The van der Waals surface area contributed by atoms with Gasteiger partial charge in [0.15, 0.2) is 0 Å². The number of hydrogen-bond acceptors (Lipinski definition) is 4. The van der Waals surface area contributed by atoms with E-state index in [1.807, 2.05) is 0 Å². The summed E-state index contributed by atoms with van der Waals surface area (Å²) in [7, 11) is 0. The predicted molar refractivity (Wildman–Crippen MR) is 291 cm³/mol. The van der Waals surface area contributed by atoms with Crippen molar-refractivity contribution < 1.29 is 0 Å². The minimum atomic E-state index is 1.06. The number of para-hydroxylation sites is 2. The molecule has 4 heterocycles. The number of thiophene rings is 2. The molecule has 0 radical (unpaired) electrons. The highest BCUT2D eigenvalue weighted by Gasteiger charge is 2.26. The lowest BCUT2D eigenvalue weighted by Crippen LogP contribution is -2.15. The van der Waals surface area contributed by atoms with E-state index < -0.39 is 0 Å². The average molecular weight is 907 g/mol. The SMILES string of the molecule is c1ccc(-n2c(-c3ccc(-c4ccc(N(c5cccc6ccccc56)c5csc6ccccc56)n4-c4ccccc4)cc3)ccc2N(c2cccc3ccccc23)c2csc3ccccc23)cc1. The lowest BCUT2D eigenvalue weighted by Gasteiger charge is -2.28. The van der Waals surface area contributed by atoms with Crippen molar-refractivity contribution in [3.63, 3.8) is 0 Å². The van der Waals surface area contributed by atoms with Crippen molar-refractivity contribution >= 4 is 98.8 Å². The van der Waals surface area contributed by atoms with Crippen molar-refractivity contribution in [2.75, 3.05) is 9.80 Å². The van der Waals surface area contributed by atoms with Crippen molar-refractivity contribution in [3.05, 3.63) is 253 Å². The van der Waals surface area contributed by atoms with E-state index in [0.29, 0.717) is 0 Å². The summed E-state index contributed by atoms with van der Waals surface area (Å²) in [5, 5.41) is 11.9. The van der Waals surface area contributed by atoms with Gasteiger partial charge in [-0.2, -0.15) is 0 Å². The van der Waals surface area contributed by atoms with Gasteiger partial charge in [0.1, 0.15) is 11.6 Å². The van der Waals surface area contributed by atoms with Gasteiger partial charge in [-0.3, -0.25) is 18.9 Å². The molecule has 9 aromatic carbocycles. The second kappa shape index (κ2) is 16.8. The summed E-state index contributed by atoms with van der Waals surface area (Å²) in [5.41, 5.74) is 11.2. The van der Waals surface area contributed by atoms with Crippen molar-refractivity contribution in [2.45, 2.75) is 0 Å². The van der Waals surface area contributed by atoms with Gasteiger partial charge in [-0.1, -0.05) is 170 Å². The Morgan fingerprint density at radius 3 is 1.09 bits per heavy atom. The third-order valence-electron chi connectivity index (χ3n) is 13.1. The van der Waals surface area contributed by atoms with Crippen LogP contribution in [0.15, 0.2) is 253 Å². The molecule has 4 nitrogen and oxygen atoms in total. The van der Waals surface area contributed by atoms with Crippen LogP contribution >= 0.6 is 22.7 Å². The number of fused-ring (bicyclic) bond motifs is 4. The molecule has 0 unspecified atom stereocenters. The molecule has 0 aliphatic heterocycles. The predicted octanol–water partition coefficient (Wildman–Crippen LogP) is 18.3. The first-order valence-electron chi connectivity index (χ1n) is 22.9. The van der Waals surface area contributed by atoms with Gasteiger partial charge in [-0.25, -0.2) is 0 Å². The van der Waals surface area contributed by atoms with E-state index in [9.17, 15) is 0 Å². The van der Waals surface area contributed by atoms with Crippen LogP contribution in [0.5, 0.6) is 0 Å². The normalized spacial score (nSPS) is 11.5. The molecule has 322 valence electrons. The van der Waals surface area contributed by atoms with E-state index in [1.54, 1.807) is 22.7 Å². The van der Waals surface area contributed by atoms with Gasteiger partial charge >= 0.3 is 0 Å². The van der Waals surface area contributed by atoms with Crippen LogP contribution in [-0.4, -0.2) is 9.13 Å². The fourth-order valence-electron chi connectivity index (χ4n) is 9.99. The minimum Gasteiger partial charge on any atom is -0.296 e. The molecule has 0 aliphatic carbocycles. The van der Waals surface area contributed by atoms with Gasteiger partial charge in [0.2, 0.25) is 0 Å². The van der Waals surface area contributed by atoms with Crippen LogP contribution in [0, 0.1) is 0 Å². The molecule has 0 amide bonds. The highest BCUT2D eigenvalue weighted by molar-refractivity contribution is 7.18. The molecule has 6 heteroatoms. The first kappa shape index (κ1) is 39.9. The first-order valence-corrected chi connectivity index (χ1v) is 24.7. The molecule has 0 saturated heterocycles. The van der Waals surface area contributed by atoms with Gasteiger partial charge < -0.3 is 0 Å². The van der Waals surface area contributed by atoms with E-state index in [2.05, 4.69) is 272 Å². The van der Waals surface area contributed by atoms with Crippen molar-refractivity contribution in [1.82, 2.24) is 9.13 Å². The van der Waals surface area contributed by atoms with Crippen LogP contribution in [0.25, 0.3) is 75.6 Å². The number of anilines is 6. The quantitative estimate of drug-likeness (QED) is 0.136. The van der Waals surface area contributed by atoms with E-state index in [1.165, 1.54) is 41.7 Å². The van der Waals surface area contributed by atoms with E-state index in [-0.39, 0.29) is 0 Å². The third-order valence-corrected chi connectivity index (χ3v) is 15.0. The van der Waals surface area contributed by atoms with Gasteiger partial charge in [-0.05, 0) is 94.7 Å². The maximum Gasteiger partial charge on any atom is 0.122 e. The summed E-state index contributed by atoms with van der Waals surface area (Å²) >= 11 is 3.57. The molecule has 13 aromatic rings. The lowest BCUT2D eigenvalue weighted by molar-refractivity contribution is 1.05. The summed E-state index contributed by atoms with van der Waals surface area (Å²) in [6.45, 7) is 0. The Hall–Kier alpha value is -8.42. The Morgan fingerprint density at radius 1 is 0.279 bits per heavy atom. The zero-order valence-corrected chi connectivity index (χ0v) is 38.5. The molecular formula is C62H42N4S2. The number of nitrogens with zero attached hydrogens (tertiary/aromatic N) is 4. The highest BCUT2D eigenvalue weighted by Crippen LogP contribution is 2.49. The van der Waals surface area contributed by atoms with Gasteiger partial charge in [-0.15, -0.1) is 22.7 Å². The zero-order chi connectivity index (χ0) is 45.0. The Morgan fingerprint density at radius 2 is 0.647 bits per heavy atom. The fourth-order valence-corrected chi connectivity index (χ4v) is 11.8. The van der Waals surface area contributed by atoms with E-state index in [0.717, 1.165) is 68.3 Å². The molecule has 0 spiro atoms. The van der Waals surface area contributed by atoms with Crippen LogP contribution in [-0.2, 0) is 0 Å². The topological polar surface area (TPSA) is 16.3 Å². The summed E-state index contributed by atoms with van der Waals surface area (Å²) in [5.74, 6) is 2.12. The summed E-state index contributed by atoms with van der Waals surface area (Å²) in [6, 6.07) is 87.9. The standard InChI is InChI=1S/C62H42N4S2/c1-3-21-47(22-4-1)63-53(37-39-61(63)65(57-41-67-59-31-13-11-27-51(57)59)55-29-15-19-43-17-7-9-25-49(43)55)45-33-35-46(36-34-45)54-38-40-62(64(54)48-23-5-2-6-24-48)66(58-42-68-60-32-14-12-28-52(58)60)56-30-16-20-44-18-8-10-26-50(44)56/h1-42H. The van der Waals surface area contributed by atoms with Crippen LogP contribution in [0.2, 0.25) is 0 Å². The van der Waals surface area contributed by atoms with Crippen molar-refractivity contribution in [1.29, 1.82) is 0 Å². The van der Waals surface area contributed by atoms with E-state index in [4.69, 9.17) is 0 Å². The Kier molecular flexibility index (Phi) is 9.85. The zero-order valence-electron chi connectivity index (χ0n) is 36.9. The Balaban J connectivity index is 0.983. The molecule has 13 rings (SSSR count). The van der Waals surface area contributed by atoms with Crippen LogP contribution in [0.4, 0.5) is 34.4 Å². The maximum atomic E-state index is 2.46. The van der Waals surface area contributed by atoms with E-state index >= 15 is 0 Å². The second-order valence-corrected chi connectivity index (χ2v) is 18.8. The number of rotatable bonds is 10. The number of aromatic nitrogens is 2. The first-order chi connectivity index (χ1) is 33.8. The molecule has 0 atom stereocenters. The van der Waals surface area contributed by atoms with Crippen LogP contribution in [0.3, 0.4) is 0 Å². The average Bonchev–Trinajstić information content (AvgIpc) is 4.24. The number of benzene rings is 9. The Labute approximate surface area is 402 Å². The molecule has 4 aromatic heterocycles.